The smallest absolute Gasteiger partial charge is 0.258 e. The largest absolute Gasteiger partial charge is 0.507 e. The number of hydrogen-bond acceptors (Lipinski definition) is 4. The van der Waals surface area contributed by atoms with Crippen LogP contribution in [-0.2, 0) is 13.1 Å². The number of hydrogen-bond donors (Lipinski definition) is 3. The van der Waals surface area contributed by atoms with E-state index in [1.54, 1.807) is 36.2 Å². The van der Waals surface area contributed by atoms with Crippen LogP contribution in [0.15, 0.2) is 54.7 Å². The molecule has 1 aliphatic rings. The maximum Gasteiger partial charge on any atom is 0.258 e. The van der Waals surface area contributed by atoms with E-state index in [1.807, 2.05) is 30.3 Å². The summed E-state index contributed by atoms with van der Waals surface area (Å²) < 4.78 is 0. The number of allylic oxidation sites excluding steroid dienone is 1. The Morgan fingerprint density at radius 1 is 1.29 bits per heavy atom. The number of nitrogens with zero attached hydrogens (tertiary/aromatic N) is 1. The predicted molar refractivity (Wildman–Crippen MR) is 94.3 cm³/mol. The minimum absolute atomic E-state index is 0.0489. The standard InChI is InChI=1S/C19H19N3O2/c1-13(20)9-10-21-16-7-5-14(6-8-16)11-22-12-15-3-2-4-17(23)18(15)19(22)24/h2-10,20-21,23H,11-12H2,1H3/b10-9-,20-13?. The fraction of sp³-hybridized carbons (Fsp3) is 0.158. The highest BCUT2D eigenvalue weighted by Gasteiger charge is 2.29. The molecule has 0 aromatic heterocycles. The van der Waals surface area contributed by atoms with Crippen molar-refractivity contribution in [1.82, 2.24) is 4.90 Å². The molecule has 0 atom stereocenters. The first-order valence-corrected chi connectivity index (χ1v) is 7.72. The van der Waals surface area contributed by atoms with Crippen LogP contribution in [0.1, 0.15) is 28.4 Å². The molecule has 24 heavy (non-hydrogen) atoms. The summed E-state index contributed by atoms with van der Waals surface area (Å²) in [6.07, 6.45) is 3.40. The first kappa shape index (κ1) is 15.8. The van der Waals surface area contributed by atoms with Crippen LogP contribution in [-0.4, -0.2) is 21.6 Å². The molecule has 0 aliphatic carbocycles. The van der Waals surface area contributed by atoms with Crippen molar-refractivity contribution in [2.45, 2.75) is 20.0 Å². The zero-order chi connectivity index (χ0) is 17.1. The summed E-state index contributed by atoms with van der Waals surface area (Å²) in [7, 11) is 0. The molecule has 0 bridgehead atoms. The van der Waals surface area contributed by atoms with E-state index >= 15 is 0 Å². The van der Waals surface area contributed by atoms with Crippen molar-refractivity contribution in [1.29, 1.82) is 5.41 Å². The van der Waals surface area contributed by atoms with E-state index < -0.39 is 0 Å². The molecule has 0 fully saturated rings. The number of anilines is 1. The Balaban J connectivity index is 1.66. The first-order valence-electron chi connectivity index (χ1n) is 7.72. The fourth-order valence-corrected chi connectivity index (χ4v) is 2.72. The molecule has 0 saturated heterocycles. The SMILES string of the molecule is CC(=N)/C=C\Nc1ccc(CN2Cc3cccc(O)c3C2=O)cc1. The lowest BCUT2D eigenvalue weighted by Gasteiger charge is -2.16. The van der Waals surface area contributed by atoms with Gasteiger partial charge in [0, 0.05) is 30.7 Å². The number of phenols is 1. The third kappa shape index (κ3) is 3.30. The monoisotopic (exact) mass is 321 g/mol. The van der Waals surface area contributed by atoms with E-state index in [-0.39, 0.29) is 11.7 Å². The molecule has 3 N–H and O–H groups in total. The molecule has 1 amide bonds. The first-order chi connectivity index (χ1) is 11.5. The molecule has 5 nitrogen and oxygen atoms in total. The Labute approximate surface area is 140 Å². The van der Waals surface area contributed by atoms with Crippen LogP contribution >= 0.6 is 0 Å². The van der Waals surface area contributed by atoms with E-state index in [0.29, 0.717) is 24.4 Å². The Morgan fingerprint density at radius 2 is 2.04 bits per heavy atom. The lowest BCUT2D eigenvalue weighted by Crippen LogP contribution is -2.23. The highest BCUT2D eigenvalue weighted by atomic mass is 16.3. The lowest BCUT2D eigenvalue weighted by atomic mass is 10.1. The van der Waals surface area contributed by atoms with Gasteiger partial charge in [0.05, 0.1) is 5.56 Å². The number of carbonyl (C=O) groups excluding carboxylic acids is 1. The van der Waals surface area contributed by atoms with Gasteiger partial charge in [-0.15, -0.1) is 0 Å². The van der Waals surface area contributed by atoms with Gasteiger partial charge in [-0.2, -0.15) is 0 Å². The molecular weight excluding hydrogens is 302 g/mol. The van der Waals surface area contributed by atoms with Crippen molar-refractivity contribution in [2.75, 3.05) is 5.32 Å². The molecule has 1 aliphatic heterocycles. The third-order valence-electron chi connectivity index (χ3n) is 3.90. The summed E-state index contributed by atoms with van der Waals surface area (Å²) >= 11 is 0. The van der Waals surface area contributed by atoms with Gasteiger partial charge >= 0.3 is 0 Å². The van der Waals surface area contributed by atoms with Gasteiger partial charge in [-0.25, -0.2) is 0 Å². The third-order valence-corrected chi connectivity index (χ3v) is 3.90. The number of fused-ring (bicyclic) bond motifs is 1. The zero-order valence-corrected chi connectivity index (χ0v) is 13.4. The van der Waals surface area contributed by atoms with Gasteiger partial charge in [-0.3, -0.25) is 4.79 Å². The number of rotatable bonds is 5. The summed E-state index contributed by atoms with van der Waals surface area (Å²) in [5, 5.41) is 20.3. The van der Waals surface area contributed by atoms with E-state index in [1.165, 1.54) is 0 Å². The second-order valence-corrected chi connectivity index (χ2v) is 5.83. The number of amides is 1. The number of aromatic hydroxyl groups is 1. The van der Waals surface area contributed by atoms with E-state index in [0.717, 1.165) is 16.8 Å². The van der Waals surface area contributed by atoms with Crippen molar-refractivity contribution in [2.24, 2.45) is 0 Å². The van der Waals surface area contributed by atoms with Crippen molar-refractivity contribution in [3.63, 3.8) is 0 Å². The van der Waals surface area contributed by atoms with Crippen molar-refractivity contribution in [3.05, 3.63) is 71.4 Å². The molecule has 0 spiro atoms. The van der Waals surface area contributed by atoms with Gasteiger partial charge in [0.15, 0.2) is 0 Å². The van der Waals surface area contributed by atoms with E-state index in [2.05, 4.69) is 5.32 Å². The average molecular weight is 321 g/mol. The second-order valence-electron chi connectivity index (χ2n) is 5.83. The van der Waals surface area contributed by atoms with Gasteiger partial charge in [-0.05, 0) is 42.3 Å². The summed E-state index contributed by atoms with van der Waals surface area (Å²) in [5.74, 6) is -0.0810. The molecule has 2 aromatic carbocycles. The Bertz CT molecular complexity index is 810. The van der Waals surface area contributed by atoms with Gasteiger partial charge < -0.3 is 20.7 Å². The average Bonchev–Trinajstić information content (AvgIpc) is 2.86. The molecule has 3 rings (SSSR count). The van der Waals surface area contributed by atoms with Crippen LogP contribution in [0.3, 0.4) is 0 Å². The van der Waals surface area contributed by atoms with Crippen LogP contribution in [0.2, 0.25) is 0 Å². The van der Waals surface area contributed by atoms with E-state index in [9.17, 15) is 9.90 Å². The van der Waals surface area contributed by atoms with Crippen LogP contribution < -0.4 is 5.32 Å². The molecule has 0 radical (unpaired) electrons. The summed E-state index contributed by atoms with van der Waals surface area (Å²) in [5.41, 5.74) is 3.71. The van der Waals surface area contributed by atoms with Crippen LogP contribution in [0.4, 0.5) is 5.69 Å². The minimum Gasteiger partial charge on any atom is -0.507 e. The normalized spacial score (nSPS) is 13.4. The summed E-state index contributed by atoms with van der Waals surface area (Å²) in [4.78, 5) is 14.1. The highest BCUT2D eigenvalue weighted by molar-refractivity contribution is 6.00. The topological polar surface area (TPSA) is 76.4 Å². The summed E-state index contributed by atoms with van der Waals surface area (Å²) in [6, 6.07) is 13.0. The fourth-order valence-electron chi connectivity index (χ4n) is 2.72. The minimum atomic E-state index is -0.130. The number of benzene rings is 2. The molecule has 0 saturated carbocycles. The molecule has 1 heterocycles. The van der Waals surface area contributed by atoms with Crippen molar-refractivity contribution < 1.29 is 9.90 Å². The molecule has 5 heteroatoms. The second kappa shape index (κ2) is 6.58. The van der Waals surface area contributed by atoms with Gasteiger partial charge in [0.2, 0.25) is 0 Å². The number of phenolic OH excluding ortho intramolecular Hbond substituents is 1. The van der Waals surface area contributed by atoms with Crippen LogP contribution in [0.25, 0.3) is 0 Å². The highest BCUT2D eigenvalue weighted by Crippen LogP contribution is 2.30. The lowest BCUT2D eigenvalue weighted by molar-refractivity contribution is 0.0764. The van der Waals surface area contributed by atoms with Crippen LogP contribution in [0.5, 0.6) is 5.75 Å². The number of carbonyl (C=O) groups is 1. The maximum atomic E-state index is 12.4. The predicted octanol–water partition coefficient (Wildman–Crippen LogP) is 3.51. The van der Waals surface area contributed by atoms with Crippen LogP contribution in [0, 0.1) is 5.41 Å². The van der Waals surface area contributed by atoms with Gasteiger partial charge in [0.1, 0.15) is 5.75 Å². The van der Waals surface area contributed by atoms with Crippen molar-refractivity contribution in [3.8, 4) is 5.75 Å². The molecule has 0 unspecified atom stereocenters. The Hall–Kier alpha value is -3.08. The summed E-state index contributed by atoms with van der Waals surface area (Å²) in [6.45, 7) is 2.73. The molecular formula is C19H19N3O2. The van der Waals surface area contributed by atoms with Gasteiger partial charge in [0.25, 0.3) is 5.91 Å². The molecule has 122 valence electrons. The quantitative estimate of drug-likeness (QED) is 0.738. The van der Waals surface area contributed by atoms with Gasteiger partial charge in [-0.1, -0.05) is 24.3 Å². The Morgan fingerprint density at radius 3 is 2.71 bits per heavy atom. The number of nitrogens with one attached hydrogen (secondary N) is 2. The zero-order valence-electron chi connectivity index (χ0n) is 13.4. The van der Waals surface area contributed by atoms with E-state index in [4.69, 9.17) is 5.41 Å². The maximum absolute atomic E-state index is 12.4. The van der Waals surface area contributed by atoms with Crippen molar-refractivity contribution >= 4 is 17.3 Å². The molecule has 2 aromatic rings. The Kier molecular flexibility index (Phi) is 4.33.